The molecule has 0 radical (unpaired) electrons. The van der Waals surface area contributed by atoms with Gasteiger partial charge in [-0.15, -0.1) is 11.3 Å². The Morgan fingerprint density at radius 1 is 1.11 bits per heavy atom. The number of ketones is 1. The Labute approximate surface area is 162 Å². The smallest absolute Gasteiger partial charge is 0.307 e. The quantitative estimate of drug-likeness (QED) is 0.547. The number of Topliss-reactive ketones (excluding diaryl/α,β-unsaturated/α-hetero) is 1. The van der Waals surface area contributed by atoms with Gasteiger partial charge in [0.15, 0.2) is 11.9 Å². The van der Waals surface area contributed by atoms with Crippen LogP contribution in [0, 0.1) is 13.8 Å². The number of methoxy groups -OCH3 is 1. The molecule has 0 saturated carbocycles. The number of thiophene rings is 1. The Kier molecular flexibility index (Phi) is 7.12. The van der Waals surface area contributed by atoms with Gasteiger partial charge in [-0.3, -0.25) is 14.4 Å². The zero-order valence-corrected chi connectivity index (χ0v) is 16.6. The molecule has 1 aromatic carbocycles. The fourth-order valence-corrected chi connectivity index (χ4v) is 3.22. The Balaban J connectivity index is 1.85. The van der Waals surface area contributed by atoms with Crippen LogP contribution in [0.15, 0.2) is 30.3 Å². The van der Waals surface area contributed by atoms with E-state index >= 15 is 0 Å². The number of anilines is 1. The number of esters is 1. The molecular weight excluding hydrogens is 366 g/mol. The number of carbonyl (C=O) groups excluding carboxylic acids is 3. The van der Waals surface area contributed by atoms with Gasteiger partial charge in [0.05, 0.1) is 24.1 Å². The lowest BCUT2D eigenvalue weighted by Gasteiger charge is -2.15. The third-order valence-electron chi connectivity index (χ3n) is 3.86. The zero-order valence-electron chi connectivity index (χ0n) is 15.8. The van der Waals surface area contributed by atoms with E-state index in [1.807, 2.05) is 26.0 Å². The van der Waals surface area contributed by atoms with Crippen LogP contribution in [-0.4, -0.2) is 30.9 Å². The van der Waals surface area contributed by atoms with Crippen LogP contribution in [-0.2, 0) is 14.3 Å². The molecule has 0 spiro atoms. The number of benzene rings is 1. The van der Waals surface area contributed by atoms with E-state index in [2.05, 4.69) is 5.32 Å². The molecule has 1 atom stereocenters. The Morgan fingerprint density at radius 2 is 1.85 bits per heavy atom. The van der Waals surface area contributed by atoms with E-state index in [0.29, 0.717) is 16.3 Å². The second-order valence-corrected chi connectivity index (χ2v) is 7.45. The summed E-state index contributed by atoms with van der Waals surface area (Å²) in [5, 5.41) is 2.69. The van der Waals surface area contributed by atoms with Crippen molar-refractivity contribution in [1.29, 1.82) is 0 Å². The minimum absolute atomic E-state index is 0.0544. The topological polar surface area (TPSA) is 81.7 Å². The first-order valence-corrected chi connectivity index (χ1v) is 9.36. The van der Waals surface area contributed by atoms with E-state index in [4.69, 9.17) is 9.47 Å². The molecule has 2 rings (SSSR count). The van der Waals surface area contributed by atoms with E-state index in [9.17, 15) is 14.4 Å². The maximum atomic E-state index is 12.3. The molecule has 144 valence electrons. The van der Waals surface area contributed by atoms with Gasteiger partial charge in [0.1, 0.15) is 5.75 Å². The summed E-state index contributed by atoms with van der Waals surface area (Å²) < 4.78 is 10.4. The van der Waals surface area contributed by atoms with Crippen molar-refractivity contribution >= 4 is 34.7 Å². The number of rotatable bonds is 8. The molecule has 0 saturated heterocycles. The average molecular weight is 389 g/mol. The summed E-state index contributed by atoms with van der Waals surface area (Å²) in [7, 11) is 1.51. The van der Waals surface area contributed by atoms with Crippen molar-refractivity contribution in [3.63, 3.8) is 0 Å². The van der Waals surface area contributed by atoms with E-state index in [1.165, 1.54) is 25.4 Å². The second-order valence-electron chi connectivity index (χ2n) is 6.16. The minimum atomic E-state index is -0.984. The van der Waals surface area contributed by atoms with Crippen LogP contribution in [0.4, 0.5) is 5.69 Å². The van der Waals surface area contributed by atoms with Gasteiger partial charge in [-0.1, -0.05) is 6.07 Å². The van der Waals surface area contributed by atoms with Gasteiger partial charge in [0.2, 0.25) is 0 Å². The van der Waals surface area contributed by atoms with E-state index < -0.39 is 18.0 Å². The molecule has 0 fully saturated rings. The maximum Gasteiger partial charge on any atom is 0.307 e. The number of carbonyl (C=O) groups is 3. The molecule has 1 heterocycles. The fourth-order valence-electron chi connectivity index (χ4n) is 2.39. The van der Waals surface area contributed by atoms with E-state index in [1.54, 1.807) is 18.2 Å². The van der Waals surface area contributed by atoms with Gasteiger partial charge in [-0.05, 0) is 50.6 Å². The standard InChI is InChI=1S/C20H23NO5S/c1-12-5-8-17(25-4)15(11-12)21-20(24)14(3)26-19(23)10-7-16(22)18-9-6-13(2)27-18/h5-6,8-9,11,14H,7,10H2,1-4H3,(H,21,24)/t14-/m0/s1. The van der Waals surface area contributed by atoms with Gasteiger partial charge in [0, 0.05) is 11.3 Å². The Bertz CT molecular complexity index is 843. The summed E-state index contributed by atoms with van der Waals surface area (Å²) in [6.07, 6.45) is -0.998. The number of hydrogen-bond donors (Lipinski definition) is 1. The molecule has 6 nitrogen and oxygen atoms in total. The number of nitrogens with one attached hydrogen (secondary N) is 1. The molecule has 0 bridgehead atoms. The number of aryl methyl sites for hydroxylation is 2. The van der Waals surface area contributed by atoms with Crippen LogP contribution in [0.1, 0.15) is 39.9 Å². The predicted molar refractivity (Wildman–Crippen MR) is 105 cm³/mol. The van der Waals surface area contributed by atoms with Crippen LogP contribution in [0.5, 0.6) is 5.75 Å². The highest BCUT2D eigenvalue weighted by atomic mass is 32.1. The Morgan fingerprint density at radius 3 is 2.48 bits per heavy atom. The lowest BCUT2D eigenvalue weighted by molar-refractivity contribution is -0.153. The SMILES string of the molecule is COc1ccc(C)cc1NC(=O)[C@H](C)OC(=O)CCC(=O)c1ccc(C)s1. The summed E-state index contributed by atoms with van der Waals surface area (Å²) in [6, 6.07) is 9.00. The highest BCUT2D eigenvalue weighted by Gasteiger charge is 2.20. The lowest BCUT2D eigenvalue weighted by Crippen LogP contribution is -2.30. The van der Waals surface area contributed by atoms with Crippen molar-refractivity contribution < 1.29 is 23.9 Å². The summed E-state index contributed by atoms with van der Waals surface area (Å²) >= 11 is 1.39. The summed E-state index contributed by atoms with van der Waals surface area (Å²) in [5.41, 5.74) is 1.46. The first-order chi connectivity index (χ1) is 12.8. The summed E-state index contributed by atoms with van der Waals surface area (Å²) in [4.78, 5) is 37.9. The van der Waals surface area contributed by atoms with E-state index in [0.717, 1.165) is 10.4 Å². The molecule has 0 aliphatic rings. The van der Waals surface area contributed by atoms with Gasteiger partial charge in [-0.25, -0.2) is 0 Å². The molecule has 2 aromatic rings. The van der Waals surface area contributed by atoms with Crippen molar-refractivity contribution in [2.24, 2.45) is 0 Å². The number of ether oxygens (including phenoxy) is 2. The maximum absolute atomic E-state index is 12.3. The van der Waals surface area contributed by atoms with Crippen LogP contribution in [0.3, 0.4) is 0 Å². The molecule has 1 N–H and O–H groups in total. The van der Waals surface area contributed by atoms with Crippen LogP contribution in [0.25, 0.3) is 0 Å². The molecule has 7 heteroatoms. The monoisotopic (exact) mass is 389 g/mol. The van der Waals surface area contributed by atoms with Crippen LogP contribution >= 0.6 is 11.3 Å². The summed E-state index contributed by atoms with van der Waals surface area (Å²) in [6.45, 7) is 5.30. The normalized spacial score (nSPS) is 11.6. The first-order valence-electron chi connectivity index (χ1n) is 8.54. The van der Waals surface area contributed by atoms with E-state index in [-0.39, 0.29) is 18.6 Å². The largest absolute Gasteiger partial charge is 0.495 e. The average Bonchev–Trinajstić information content (AvgIpc) is 3.06. The fraction of sp³-hybridized carbons (Fsp3) is 0.350. The predicted octanol–water partition coefficient (Wildman–Crippen LogP) is 3.91. The molecule has 1 amide bonds. The summed E-state index contributed by atoms with van der Waals surface area (Å²) in [5.74, 6) is -0.640. The molecule has 27 heavy (non-hydrogen) atoms. The highest BCUT2D eigenvalue weighted by Crippen LogP contribution is 2.25. The molecular formula is C20H23NO5S. The van der Waals surface area contributed by atoms with Crippen molar-refractivity contribution in [2.75, 3.05) is 12.4 Å². The molecule has 0 aliphatic carbocycles. The molecule has 1 aromatic heterocycles. The third-order valence-corrected chi connectivity index (χ3v) is 4.90. The van der Waals surface area contributed by atoms with Crippen molar-refractivity contribution in [3.05, 3.63) is 45.6 Å². The Hall–Kier alpha value is -2.67. The van der Waals surface area contributed by atoms with Crippen molar-refractivity contribution in [2.45, 2.75) is 39.7 Å². The lowest BCUT2D eigenvalue weighted by atomic mass is 10.2. The minimum Gasteiger partial charge on any atom is -0.495 e. The van der Waals surface area contributed by atoms with Crippen LogP contribution in [0.2, 0.25) is 0 Å². The third kappa shape index (κ3) is 5.92. The van der Waals surface area contributed by atoms with Crippen LogP contribution < -0.4 is 10.1 Å². The molecule has 0 aliphatic heterocycles. The number of hydrogen-bond acceptors (Lipinski definition) is 6. The van der Waals surface area contributed by atoms with Gasteiger partial charge < -0.3 is 14.8 Å². The first kappa shape index (κ1) is 20.6. The van der Waals surface area contributed by atoms with Gasteiger partial charge in [-0.2, -0.15) is 0 Å². The second kappa shape index (κ2) is 9.32. The zero-order chi connectivity index (χ0) is 20.0. The molecule has 0 unspecified atom stereocenters. The van der Waals surface area contributed by atoms with Crippen molar-refractivity contribution in [3.8, 4) is 5.75 Å². The van der Waals surface area contributed by atoms with Gasteiger partial charge in [0.25, 0.3) is 5.91 Å². The van der Waals surface area contributed by atoms with Gasteiger partial charge >= 0.3 is 5.97 Å². The number of amides is 1. The highest BCUT2D eigenvalue weighted by molar-refractivity contribution is 7.14. The van der Waals surface area contributed by atoms with Crippen molar-refractivity contribution in [1.82, 2.24) is 0 Å².